The highest BCUT2D eigenvalue weighted by atomic mass is 32.2. The van der Waals surface area contributed by atoms with Crippen molar-refractivity contribution in [1.29, 1.82) is 0 Å². The summed E-state index contributed by atoms with van der Waals surface area (Å²) >= 11 is 0. The van der Waals surface area contributed by atoms with Crippen LogP contribution in [0, 0.1) is 5.82 Å². The minimum atomic E-state index is -3.54. The SMILES string of the molecule is O=S1(=O)N=C(C[C@@H](CCO)c2ccc(F)cc2)OC2CCCCC21. The summed E-state index contributed by atoms with van der Waals surface area (Å²) in [6, 6.07) is 6.02. The molecule has 2 unspecified atom stereocenters. The molecule has 0 spiro atoms. The average Bonchev–Trinajstić information content (AvgIpc) is 2.55. The number of benzene rings is 1. The third-order valence-corrected chi connectivity index (χ3v) is 6.54. The standard InChI is InChI=1S/C17H22FNO4S/c18-14-7-5-12(6-8-14)13(9-10-20)11-17-19-24(21,22)16-4-2-1-3-15(16)23-17/h5-8,13,15-16,20H,1-4,9-11H2/t13-,15?,16?/m1/s1. The molecule has 5 nitrogen and oxygen atoms in total. The van der Waals surface area contributed by atoms with Crippen LogP contribution in [0.15, 0.2) is 28.7 Å². The first-order valence-electron chi connectivity index (χ1n) is 8.35. The number of ether oxygens (including phenoxy) is 1. The van der Waals surface area contributed by atoms with E-state index in [-0.39, 0.29) is 36.8 Å². The van der Waals surface area contributed by atoms with Crippen LogP contribution in [0.1, 0.15) is 50.0 Å². The number of sulfonamides is 1. The van der Waals surface area contributed by atoms with Crippen molar-refractivity contribution < 1.29 is 22.7 Å². The molecule has 1 aliphatic carbocycles. The second-order valence-corrected chi connectivity index (χ2v) is 8.26. The molecular weight excluding hydrogens is 333 g/mol. The van der Waals surface area contributed by atoms with Crippen LogP contribution >= 0.6 is 0 Å². The van der Waals surface area contributed by atoms with Crippen LogP contribution in [0.5, 0.6) is 0 Å². The van der Waals surface area contributed by atoms with Crippen molar-refractivity contribution in [3.8, 4) is 0 Å². The van der Waals surface area contributed by atoms with Gasteiger partial charge >= 0.3 is 0 Å². The lowest BCUT2D eigenvalue weighted by atomic mass is 9.92. The molecule has 1 N–H and O–H groups in total. The summed E-state index contributed by atoms with van der Waals surface area (Å²) in [4.78, 5) is 0. The van der Waals surface area contributed by atoms with Gasteiger partial charge in [-0.3, -0.25) is 0 Å². The van der Waals surface area contributed by atoms with E-state index in [1.807, 2.05) is 0 Å². The van der Waals surface area contributed by atoms with Crippen molar-refractivity contribution in [2.45, 2.75) is 55.8 Å². The summed E-state index contributed by atoms with van der Waals surface area (Å²) in [7, 11) is -3.54. The minimum absolute atomic E-state index is 0.0475. The van der Waals surface area contributed by atoms with Gasteiger partial charge in [0.1, 0.15) is 17.2 Å². The van der Waals surface area contributed by atoms with Crippen molar-refractivity contribution in [1.82, 2.24) is 0 Å². The van der Waals surface area contributed by atoms with Gasteiger partial charge in [0.2, 0.25) is 5.90 Å². The van der Waals surface area contributed by atoms with Crippen molar-refractivity contribution >= 4 is 15.9 Å². The zero-order chi connectivity index (χ0) is 17.2. The van der Waals surface area contributed by atoms with Gasteiger partial charge in [0.05, 0.1) is 0 Å². The maximum Gasteiger partial charge on any atom is 0.262 e. The van der Waals surface area contributed by atoms with Gasteiger partial charge in [0.15, 0.2) is 0 Å². The number of aliphatic hydroxyl groups excluding tert-OH is 1. The molecule has 0 aromatic heterocycles. The van der Waals surface area contributed by atoms with Crippen molar-refractivity contribution in [2.75, 3.05) is 6.61 Å². The summed E-state index contributed by atoms with van der Waals surface area (Å²) in [5.74, 6) is -0.286. The molecule has 3 rings (SSSR count). The van der Waals surface area contributed by atoms with E-state index < -0.39 is 15.3 Å². The molecule has 0 amide bonds. The molecule has 0 saturated heterocycles. The average molecular weight is 355 g/mol. The number of fused-ring (bicyclic) bond motifs is 1. The molecule has 0 radical (unpaired) electrons. The monoisotopic (exact) mass is 355 g/mol. The van der Waals surface area contributed by atoms with E-state index in [1.54, 1.807) is 12.1 Å². The highest BCUT2D eigenvalue weighted by Gasteiger charge is 2.41. The Labute approximate surface area is 141 Å². The van der Waals surface area contributed by atoms with Crippen molar-refractivity contribution in [3.63, 3.8) is 0 Å². The molecule has 2 aliphatic rings. The molecule has 1 heterocycles. The van der Waals surface area contributed by atoms with Crippen molar-refractivity contribution in [2.24, 2.45) is 4.40 Å². The molecule has 132 valence electrons. The topological polar surface area (TPSA) is 76.0 Å². The van der Waals surface area contributed by atoms with Crippen LogP contribution in [0.3, 0.4) is 0 Å². The Balaban J connectivity index is 1.81. The molecule has 1 aliphatic heterocycles. The van der Waals surface area contributed by atoms with Gasteiger partial charge in [-0.05, 0) is 49.3 Å². The number of halogens is 1. The molecule has 3 atom stereocenters. The first-order valence-corrected chi connectivity index (χ1v) is 9.85. The van der Waals surface area contributed by atoms with Gasteiger partial charge in [-0.1, -0.05) is 18.6 Å². The van der Waals surface area contributed by atoms with Crippen LogP contribution in [0.4, 0.5) is 4.39 Å². The van der Waals surface area contributed by atoms with E-state index >= 15 is 0 Å². The largest absolute Gasteiger partial charge is 0.475 e. The molecule has 0 bridgehead atoms. The third-order valence-electron chi connectivity index (χ3n) is 4.78. The normalized spacial score (nSPS) is 26.8. The van der Waals surface area contributed by atoms with Gasteiger partial charge in [-0.25, -0.2) is 12.8 Å². The van der Waals surface area contributed by atoms with Gasteiger partial charge in [-0.15, -0.1) is 4.40 Å². The van der Waals surface area contributed by atoms with Gasteiger partial charge in [0.25, 0.3) is 10.0 Å². The Morgan fingerprint density at radius 2 is 1.96 bits per heavy atom. The number of hydrogen-bond donors (Lipinski definition) is 1. The quantitative estimate of drug-likeness (QED) is 0.881. The molecule has 24 heavy (non-hydrogen) atoms. The maximum atomic E-state index is 13.1. The predicted molar refractivity (Wildman–Crippen MR) is 88.9 cm³/mol. The van der Waals surface area contributed by atoms with E-state index in [0.717, 1.165) is 24.8 Å². The van der Waals surface area contributed by atoms with Gasteiger partial charge in [-0.2, -0.15) is 0 Å². The smallest absolute Gasteiger partial charge is 0.262 e. The predicted octanol–water partition coefficient (Wildman–Crippen LogP) is 2.75. The molecule has 1 saturated carbocycles. The Morgan fingerprint density at radius 1 is 1.25 bits per heavy atom. The lowest BCUT2D eigenvalue weighted by Crippen LogP contribution is -2.43. The molecule has 1 aromatic carbocycles. The first-order chi connectivity index (χ1) is 11.5. The van der Waals surface area contributed by atoms with Gasteiger partial charge < -0.3 is 9.84 Å². The fraction of sp³-hybridized carbons (Fsp3) is 0.588. The summed E-state index contributed by atoms with van der Waals surface area (Å²) in [5.41, 5.74) is 0.833. The summed E-state index contributed by atoms with van der Waals surface area (Å²) < 4.78 is 47.6. The second kappa shape index (κ2) is 7.19. The van der Waals surface area contributed by atoms with E-state index in [0.29, 0.717) is 12.8 Å². The Kier molecular flexibility index (Phi) is 5.20. The Bertz CT molecular complexity index is 702. The maximum absolute atomic E-state index is 13.1. The second-order valence-electron chi connectivity index (χ2n) is 6.44. The first kappa shape index (κ1) is 17.4. The highest BCUT2D eigenvalue weighted by Crippen LogP contribution is 2.33. The fourth-order valence-electron chi connectivity index (χ4n) is 3.52. The zero-order valence-corrected chi connectivity index (χ0v) is 14.2. The van der Waals surface area contributed by atoms with E-state index in [2.05, 4.69) is 4.40 Å². The van der Waals surface area contributed by atoms with Crippen LogP contribution in [-0.2, 0) is 14.8 Å². The van der Waals surface area contributed by atoms with E-state index in [4.69, 9.17) is 4.74 Å². The summed E-state index contributed by atoms with van der Waals surface area (Å²) in [6.45, 7) is -0.0475. The summed E-state index contributed by atoms with van der Waals surface area (Å²) in [6.07, 6.45) is 3.57. The Hall–Kier alpha value is -1.47. The fourth-order valence-corrected chi connectivity index (χ4v) is 5.09. The number of hydrogen-bond acceptors (Lipinski definition) is 4. The number of nitrogens with zero attached hydrogens (tertiary/aromatic N) is 1. The van der Waals surface area contributed by atoms with Crippen LogP contribution in [-0.4, -0.2) is 37.4 Å². The minimum Gasteiger partial charge on any atom is -0.475 e. The zero-order valence-electron chi connectivity index (χ0n) is 13.4. The molecule has 1 aromatic rings. The molecular formula is C17H22FNO4S. The highest BCUT2D eigenvalue weighted by molar-refractivity contribution is 7.91. The number of aliphatic hydroxyl groups is 1. The van der Waals surface area contributed by atoms with Gasteiger partial charge in [0, 0.05) is 13.0 Å². The molecule has 1 fully saturated rings. The third kappa shape index (κ3) is 3.78. The lowest BCUT2D eigenvalue weighted by Gasteiger charge is -2.34. The Morgan fingerprint density at radius 3 is 2.67 bits per heavy atom. The number of rotatable bonds is 5. The lowest BCUT2D eigenvalue weighted by molar-refractivity contribution is 0.134. The van der Waals surface area contributed by atoms with Crippen molar-refractivity contribution in [3.05, 3.63) is 35.6 Å². The van der Waals surface area contributed by atoms with E-state index in [1.165, 1.54) is 12.1 Å². The van der Waals surface area contributed by atoms with Crippen LogP contribution in [0.2, 0.25) is 0 Å². The van der Waals surface area contributed by atoms with Crippen LogP contribution in [0.25, 0.3) is 0 Å². The van der Waals surface area contributed by atoms with Crippen LogP contribution < -0.4 is 0 Å². The van der Waals surface area contributed by atoms with E-state index in [9.17, 15) is 17.9 Å². The summed E-state index contributed by atoms with van der Waals surface area (Å²) in [5, 5.41) is 8.77. The molecule has 7 heteroatoms.